The highest BCUT2D eigenvalue weighted by atomic mass is 19.1. The molecule has 4 rings (SSSR count). The van der Waals surface area contributed by atoms with E-state index < -0.39 is 5.97 Å². The van der Waals surface area contributed by atoms with E-state index in [2.05, 4.69) is 10.3 Å². The van der Waals surface area contributed by atoms with Crippen LogP contribution in [0.3, 0.4) is 0 Å². The fraction of sp³-hybridized carbons (Fsp3) is 0.318. The molecule has 1 fully saturated rings. The van der Waals surface area contributed by atoms with Gasteiger partial charge in [0, 0.05) is 6.54 Å². The minimum absolute atomic E-state index is 0.180. The van der Waals surface area contributed by atoms with Crippen molar-refractivity contribution in [2.24, 2.45) is 0 Å². The first kappa shape index (κ1) is 19.9. The molecule has 2 amide bonds. The third-order valence-corrected chi connectivity index (χ3v) is 5.05. The Morgan fingerprint density at radius 3 is 2.90 bits per heavy atom. The van der Waals surface area contributed by atoms with Gasteiger partial charge in [0.15, 0.2) is 5.58 Å². The van der Waals surface area contributed by atoms with Crippen LogP contribution < -0.4 is 5.32 Å². The van der Waals surface area contributed by atoms with Crippen LogP contribution in [-0.4, -0.2) is 41.6 Å². The smallest absolute Gasteiger partial charge is 0.325 e. The molecule has 1 saturated heterocycles. The first-order valence-corrected chi connectivity index (χ1v) is 9.91. The van der Waals surface area contributed by atoms with Gasteiger partial charge in [0.1, 0.15) is 23.9 Å². The van der Waals surface area contributed by atoms with Crippen molar-refractivity contribution in [1.82, 2.24) is 15.2 Å². The molecule has 0 spiro atoms. The van der Waals surface area contributed by atoms with E-state index in [1.54, 1.807) is 24.0 Å². The number of carbonyl (C=O) groups excluding carboxylic acids is 2. The Morgan fingerprint density at radius 1 is 1.27 bits per heavy atom. The van der Waals surface area contributed by atoms with Crippen LogP contribution in [0.2, 0.25) is 0 Å². The van der Waals surface area contributed by atoms with E-state index in [1.807, 2.05) is 18.2 Å². The van der Waals surface area contributed by atoms with Gasteiger partial charge in [-0.25, -0.2) is 14.2 Å². The molecule has 1 aromatic heterocycles. The lowest BCUT2D eigenvalue weighted by atomic mass is 10.1. The van der Waals surface area contributed by atoms with E-state index in [0.717, 1.165) is 24.0 Å². The number of esters is 1. The van der Waals surface area contributed by atoms with E-state index in [0.29, 0.717) is 23.5 Å². The van der Waals surface area contributed by atoms with Crippen LogP contribution in [0.5, 0.6) is 0 Å². The number of fused-ring (bicyclic) bond motifs is 1. The van der Waals surface area contributed by atoms with Crippen molar-refractivity contribution < 1.29 is 23.1 Å². The van der Waals surface area contributed by atoms with Crippen molar-refractivity contribution in [2.75, 3.05) is 19.7 Å². The number of rotatable bonds is 5. The summed E-state index contributed by atoms with van der Waals surface area (Å²) in [5.74, 6) is -0.331. The van der Waals surface area contributed by atoms with Crippen molar-refractivity contribution in [1.29, 1.82) is 0 Å². The van der Waals surface area contributed by atoms with Gasteiger partial charge < -0.3 is 19.4 Å². The molecule has 2 aromatic carbocycles. The number of nitrogens with one attached hydrogen (secondary N) is 1. The molecule has 1 N–H and O–H groups in total. The second-order valence-corrected chi connectivity index (χ2v) is 7.06. The van der Waals surface area contributed by atoms with Crippen molar-refractivity contribution in [3.63, 3.8) is 0 Å². The van der Waals surface area contributed by atoms with Crippen molar-refractivity contribution >= 4 is 23.1 Å². The molecule has 0 aliphatic carbocycles. The molecule has 2 heterocycles. The molecule has 156 valence electrons. The second kappa shape index (κ2) is 8.52. The summed E-state index contributed by atoms with van der Waals surface area (Å²) in [7, 11) is 0. The summed E-state index contributed by atoms with van der Waals surface area (Å²) in [4.78, 5) is 30.2. The topological polar surface area (TPSA) is 84.7 Å². The summed E-state index contributed by atoms with van der Waals surface area (Å²) in [6, 6.07) is 11.2. The Morgan fingerprint density at radius 2 is 2.10 bits per heavy atom. The zero-order valence-electron chi connectivity index (χ0n) is 16.6. The number of benzene rings is 2. The maximum Gasteiger partial charge on any atom is 0.325 e. The van der Waals surface area contributed by atoms with Crippen LogP contribution in [0.1, 0.15) is 31.7 Å². The molecule has 3 aromatic rings. The van der Waals surface area contributed by atoms with Crippen LogP contribution in [0.4, 0.5) is 9.18 Å². The van der Waals surface area contributed by atoms with Crippen LogP contribution in [0.15, 0.2) is 46.9 Å². The van der Waals surface area contributed by atoms with Crippen LogP contribution >= 0.6 is 0 Å². The lowest BCUT2D eigenvalue weighted by Crippen LogP contribution is -2.42. The highest BCUT2D eigenvalue weighted by Crippen LogP contribution is 2.34. The SMILES string of the molecule is CCOC(=O)CNC(=O)N1CCCC1c1nc2cc(-c3cccc(F)c3)ccc2o1. The highest BCUT2D eigenvalue weighted by molar-refractivity contribution is 5.82. The second-order valence-electron chi connectivity index (χ2n) is 7.06. The van der Waals surface area contributed by atoms with E-state index >= 15 is 0 Å². The first-order valence-electron chi connectivity index (χ1n) is 9.91. The fourth-order valence-electron chi connectivity index (χ4n) is 3.66. The molecule has 0 bridgehead atoms. The zero-order valence-corrected chi connectivity index (χ0v) is 16.6. The Labute approximate surface area is 172 Å². The maximum atomic E-state index is 13.5. The molecule has 8 heteroatoms. The lowest BCUT2D eigenvalue weighted by Gasteiger charge is -2.22. The summed E-state index contributed by atoms with van der Waals surface area (Å²) >= 11 is 0. The first-order chi connectivity index (χ1) is 14.5. The summed E-state index contributed by atoms with van der Waals surface area (Å²) < 4.78 is 24.3. The number of amides is 2. The predicted octanol–water partition coefficient (Wildman–Crippen LogP) is 4.04. The third kappa shape index (κ3) is 4.12. The summed E-state index contributed by atoms with van der Waals surface area (Å²) in [6.45, 7) is 2.35. The minimum atomic E-state index is -0.478. The monoisotopic (exact) mass is 411 g/mol. The van der Waals surface area contributed by atoms with Gasteiger partial charge in [-0.3, -0.25) is 4.79 Å². The number of hydrogen-bond acceptors (Lipinski definition) is 5. The van der Waals surface area contributed by atoms with Gasteiger partial charge in [-0.2, -0.15) is 0 Å². The summed E-state index contributed by atoms with van der Waals surface area (Å²) in [5, 5.41) is 2.59. The molecular weight excluding hydrogens is 389 g/mol. The Hall–Kier alpha value is -3.42. The van der Waals surface area contributed by atoms with Crippen LogP contribution in [0.25, 0.3) is 22.2 Å². The van der Waals surface area contributed by atoms with Crippen LogP contribution in [0, 0.1) is 5.82 Å². The van der Waals surface area contributed by atoms with Gasteiger partial charge in [0.25, 0.3) is 0 Å². The van der Waals surface area contributed by atoms with Crippen molar-refractivity contribution in [2.45, 2.75) is 25.8 Å². The lowest BCUT2D eigenvalue weighted by molar-refractivity contribution is -0.141. The van der Waals surface area contributed by atoms with E-state index in [4.69, 9.17) is 9.15 Å². The number of aromatic nitrogens is 1. The molecule has 0 radical (unpaired) electrons. The Balaban J connectivity index is 1.53. The molecule has 1 aliphatic rings. The van der Waals surface area contributed by atoms with E-state index in [1.165, 1.54) is 12.1 Å². The Bertz CT molecular complexity index is 1080. The largest absolute Gasteiger partial charge is 0.465 e. The standard InChI is InChI=1S/C22H22FN3O4/c1-2-29-20(27)13-24-22(28)26-10-4-7-18(26)21-25-17-12-15(8-9-19(17)30-21)14-5-3-6-16(23)11-14/h3,5-6,8-9,11-12,18H,2,4,7,10,13H2,1H3,(H,24,28). The summed E-state index contributed by atoms with van der Waals surface area (Å²) in [5.41, 5.74) is 2.83. The number of likely N-dealkylation sites (tertiary alicyclic amines) is 1. The predicted molar refractivity (Wildman–Crippen MR) is 108 cm³/mol. The fourth-order valence-corrected chi connectivity index (χ4v) is 3.66. The third-order valence-electron chi connectivity index (χ3n) is 5.05. The number of hydrogen-bond donors (Lipinski definition) is 1. The quantitative estimate of drug-likeness (QED) is 0.641. The molecule has 7 nitrogen and oxygen atoms in total. The molecular formula is C22H22FN3O4. The molecule has 1 unspecified atom stereocenters. The summed E-state index contributed by atoms with van der Waals surface area (Å²) in [6.07, 6.45) is 1.53. The Kier molecular flexibility index (Phi) is 5.65. The maximum absolute atomic E-state index is 13.5. The van der Waals surface area contributed by atoms with Crippen molar-refractivity contribution in [3.05, 3.63) is 54.2 Å². The number of oxazole rings is 1. The average molecular weight is 411 g/mol. The molecule has 0 saturated carbocycles. The normalized spacial score (nSPS) is 16.1. The van der Waals surface area contributed by atoms with E-state index in [9.17, 15) is 14.0 Å². The van der Waals surface area contributed by atoms with Crippen LogP contribution in [-0.2, 0) is 9.53 Å². The number of urea groups is 1. The van der Waals surface area contributed by atoms with E-state index in [-0.39, 0.29) is 31.0 Å². The number of ether oxygens (including phenoxy) is 1. The number of halogens is 1. The highest BCUT2D eigenvalue weighted by Gasteiger charge is 2.33. The van der Waals surface area contributed by atoms with Gasteiger partial charge >= 0.3 is 12.0 Å². The number of nitrogens with zero attached hydrogens (tertiary/aromatic N) is 2. The average Bonchev–Trinajstić information content (AvgIpc) is 3.38. The van der Waals surface area contributed by atoms with Crippen molar-refractivity contribution in [3.8, 4) is 11.1 Å². The molecule has 1 atom stereocenters. The van der Waals surface area contributed by atoms with Gasteiger partial charge in [-0.15, -0.1) is 0 Å². The number of carbonyl (C=O) groups is 2. The van der Waals surface area contributed by atoms with Gasteiger partial charge in [-0.1, -0.05) is 18.2 Å². The molecule has 1 aliphatic heterocycles. The molecule has 30 heavy (non-hydrogen) atoms. The van der Waals surface area contributed by atoms with Gasteiger partial charge in [0.05, 0.1) is 6.61 Å². The van der Waals surface area contributed by atoms with Gasteiger partial charge in [0.2, 0.25) is 5.89 Å². The zero-order chi connectivity index (χ0) is 21.1. The minimum Gasteiger partial charge on any atom is -0.465 e. The van der Waals surface area contributed by atoms with Gasteiger partial charge in [-0.05, 0) is 55.2 Å².